The van der Waals surface area contributed by atoms with Gasteiger partial charge < -0.3 is 24.3 Å². The second kappa shape index (κ2) is 8.10. The molecule has 2 aromatic carbocycles. The lowest BCUT2D eigenvalue weighted by molar-refractivity contribution is -0.136. The van der Waals surface area contributed by atoms with Gasteiger partial charge in [-0.3, -0.25) is 9.59 Å². The fourth-order valence-corrected chi connectivity index (χ4v) is 5.12. The van der Waals surface area contributed by atoms with E-state index >= 15 is 0 Å². The third-order valence-electron chi connectivity index (χ3n) is 6.91. The molecule has 2 fully saturated rings. The summed E-state index contributed by atoms with van der Waals surface area (Å²) in [4.78, 5) is 37.7. The van der Waals surface area contributed by atoms with Gasteiger partial charge in [0.2, 0.25) is 11.8 Å². The number of carbonyl (C=O) groups is 2. The Morgan fingerprint density at radius 1 is 1.03 bits per heavy atom. The fraction of sp³-hybridized carbons (Fsp3) is 0.400. The van der Waals surface area contributed by atoms with Crippen LogP contribution in [0.3, 0.4) is 0 Å². The van der Waals surface area contributed by atoms with Crippen LogP contribution in [0.2, 0.25) is 0 Å². The normalized spacial score (nSPS) is 21.1. The van der Waals surface area contributed by atoms with Crippen LogP contribution in [0.1, 0.15) is 31.0 Å². The number of rotatable bonds is 3. The molecule has 1 aromatic heterocycles. The highest BCUT2D eigenvalue weighted by molar-refractivity contribution is 6.00. The average molecular weight is 447 g/mol. The molecule has 0 spiro atoms. The molecule has 3 aliphatic rings. The van der Waals surface area contributed by atoms with Crippen molar-refractivity contribution in [3.8, 4) is 11.5 Å². The SMILES string of the molecule is O=C([C@H]1CC(=O)N(c2ccc3c(c2)OCCO3)C1)N1CCC(c2nc3ccccc3[nH]2)CC1. The number of anilines is 1. The van der Waals surface area contributed by atoms with Crippen molar-refractivity contribution in [1.29, 1.82) is 0 Å². The summed E-state index contributed by atoms with van der Waals surface area (Å²) in [5, 5.41) is 0. The molecule has 4 heterocycles. The molecule has 0 bridgehead atoms. The number of carbonyl (C=O) groups excluding carboxylic acids is 2. The maximum Gasteiger partial charge on any atom is 0.228 e. The lowest BCUT2D eigenvalue weighted by atomic mass is 9.95. The Morgan fingerprint density at radius 3 is 2.64 bits per heavy atom. The van der Waals surface area contributed by atoms with Crippen LogP contribution in [0.4, 0.5) is 5.69 Å². The number of aromatic nitrogens is 2. The van der Waals surface area contributed by atoms with Gasteiger partial charge >= 0.3 is 0 Å². The molecule has 0 saturated carbocycles. The summed E-state index contributed by atoms with van der Waals surface area (Å²) in [6.07, 6.45) is 1.99. The molecule has 2 amide bonds. The molecule has 8 nitrogen and oxygen atoms in total. The van der Waals surface area contributed by atoms with Crippen LogP contribution in [-0.4, -0.2) is 59.5 Å². The zero-order valence-corrected chi connectivity index (χ0v) is 18.3. The molecule has 8 heteroatoms. The highest BCUT2D eigenvalue weighted by Crippen LogP contribution is 2.36. The van der Waals surface area contributed by atoms with E-state index in [0.717, 1.165) is 35.4 Å². The first-order valence-electron chi connectivity index (χ1n) is 11.6. The average Bonchev–Trinajstić information content (AvgIpc) is 3.47. The third kappa shape index (κ3) is 3.69. The second-order valence-corrected chi connectivity index (χ2v) is 8.97. The van der Waals surface area contributed by atoms with Gasteiger partial charge in [0.25, 0.3) is 0 Å². The largest absolute Gasteiger partial charge is 0.486 e. The number of nitrogens with zero attached hydrogens (tertiary/aromatic N) is 3. The topological polar surface area (TPSA) is 87.8 Å². The van der Waals surface area contributed by atoms with Gasteiger partial charge in [0.05, 0.1) is 17.0 Å². The molecule has 170 valence electrons. The van der Waals surface area contributed by atoms with Crippen molar-refractivity contribution in [3.63, 3.8) is 0 Å². The van der Waals surface area contributed by atoms with Gasteiger partial charge in [0.15, 0.2) is 11.5 Å². The lowest BCUT2D eigenvalue weighted by Crippen LogP contribution is -2.42. The van der Waals surface area contributed by atoms with Crippen molar-refractivity contribution in [3.05, 3.63) is 48.3 Å². The van der Waals surface area contributed by atoms with E-state index < -0.39 is 0 Å². The molecule has 0 radical (unpaired) electrons. The molecule has 33 heavy (non-hydrogen) atoms. The number of likely N-dealkylation sites (tertiary alicyclic amines) is 1. The van der Waals surface area contributed by atoms with Crippen LogP contribution in [0.5, 0.6) is 11.5 Å². The number of amides is 2. The number of benzene rings is 2. The molecule has 3 aromatic rings. The lowest BCUT2D eigenvalue weighted by Gasteiger charge is -2.32. The van der Waals surface area contributed by atoms with Gasteiger partial charge in [-0.05, 0) is 37.1 Å². The van der Waals surface area contributed by atoms with E-state index in [-0.39, 0.29) is 24.2 Å². The molecule has 3 aliphatic heterocycles. The number of ether oxygens (including phenoxy) is 2. The van der Waals surface area contributed by atoms with Crippen LogP contribution in [0, 0.1) is 5.92 Å². The third-order valence-corrected chi connectivity index (χ3v) is 6.91. The molecular formula is C25H26N4O4. The number of fused-ring (bicyclic) bond motifs is 2. The molecule has 1 atom stereocenters. The predicted molar refractivity (Wildman–Crippen MR) is 123 cm³/mol. The van der Waals surface area contributed by atoms with Crippen molar-refractivity contribution in [2.45, 2.75) is 25.2 Å². The minimum atomic E-state index is -0.312. The number of imidazole rings is 1. The first-order valence-corrected chi connectivity index (χ1v) is 11.6. The molecular weight excluding hydrogens is 420 g/mol. The van der Waals surface area contributed by atoms with Gasteiger partial charge in [-0.15, -0.1) is 0 Å². The van der Waals surface area contributed by atoms with E-state index in [4.69, 9.17) is 14.5 Å². The summed E-state index contributed by atoms with van der Waals surface area (Å²) in [5.41, 5.74) is 2.78. The van der Waals surface area contributed by atoms with Crippen LogP contribution >= 0.6 is 0 Å². The van der Waals surface area contributed by atoms with Crippen molar-refractivity contribution in [1.82, 2.24) is 14.9 Å². The van der Waals surface area contributed by atoms with Crippen LogP contribution in [0.25, 0.3) is 11.0 Å². The van der Waals surface area contributed by atoms with E-state index in [2.05, 4.69) is 4.98 Å². The van der Waals surface area contributed by atoms with E-state index in [9.17, 15) is 9.59 Å². The Balaban J connectivity index is 1.10. The summed E-state index contributed by atoms with van der Waals surface area (Å²) in [6.45, 7) is 2.80. The minimum absolute atomic E-state index is 0.0258. The first kappa shape index (κ1) is 20.1. The quantitative estimate of drug-likeness (QED) is 0.668. The molecule has 0 aliphatic carbocycles. The number of hydrogen-bond donors (Lipinski definition) is 1. The van der Waals surface area contributed by atoms with Crippen molar-refractivity contribution < 1.29 is 19.1 Å². The highest BCUT2D eigenvalue weighted by Gasteiger charge is 2.38. The van der Waals surface area contributed by atoms with E-state index in [0.29, 0.717) is 50.3 Å². The van der Waals surface area contributed by atoms with Crippen molar-refractivity contribution in [2.24, 2.45) is 5.92 Å². The Kier molecular flexibility index (Phi) is 4.93. The Morgan fingerprint density at radius 2 is 1.82 bits per heavy atom. The summed E-state index contributed by atoms with van der Waals surface area (Å²) < 4.78 is 11.2. The Bertz CT molecular complexity index is 1180. The molecule has 0 unspecified atom stereocenters. The maximum atomic E-state index is 13.2. The van der Waals surface area contributed by atoms with Crippen molar-refractivity contribution >= 4 is 28.5 Å². The number of para-hydroxylation sites is 2. The molecule has 1 N–H and O–H groups in total. The summed E-state index contributed by atoms with van der Waals surface area (Å²) in [5.74, 6) is 2.40. The number of nitrogens with one attached hydrogen (secondary N) is 1. The van der Waals surface area contributed by atoms with Gasteiger partial charge in [-0.25, -0.2) is 4.98 Å². The van der Waals surface area contributed by atoms with Crippen LogP contribution < -0.4 is 14.4 Å². The predicted octanol–water partition coefficient (Wildman–Crippen LogP) is 3.09. The Hall–Kier alpha value is -3.55. The molecule has 6 rings (SSSR count). The Labute approximate surface area is 191 Å². The zero-order valence-electron chi connectivity index (χ0n) is 18.3. The van der Waals surface area contributed by atoms with E-state index in [1.165, 1.54) is 0 Å². The number of piperidine rings is 1. The summed E-state index contributed by atoms with van der Waals surface area (Å²) in [7, 11) is 0. The highest BCUT2D eigenvalue weighted by atomic mass is 16.6. The smallest absolute Gasteiger partial charge is 0.228 e. The van der Waals surface area contributed by atoms with Crippen molar-refractivity contribution in [2.75, 3.05) is 37.7 Å². The monoisotopic (exact) mass is 446 g/mol. The zero-order chi connectivity index (χ0) is 22.4. The fourth-order valence-electron chi connectivity index (χ4n) is 5.12. The number of H-pyrrole nitrogens is 1. The van der Waals surface area contributed by atoms with Crippen LogP contribution in [-0.2, 0) is 9.59 Å². The molecule has 2 saturated heterocycles. The summed E-state index contributed by atoms with van der Waals surface area (Å²) >= 11 is 0. The van der Waals surface area contributed by atoms with Gasteiger partial charge in [-0.1, -0.05) is 12.1 Å². The second-order valence-electron chi connectivity index (χ2n) is 8.97. The number of hydrogen-bond acceptors (Lipinski definition) is 5. The first-order chi connectivity index (χ1) is 16.2. The van der Waals surface area contributed by atoms with Gasteiger partial charge in [-0.2, -0.15) is 0 Å². The summed E-state index contributed by atoms with van der Waals surface area (Å²) in [6, 6.07) is 13.6. The van der Waals surface area contributed by atoms with E-state index in [1.807, 2.05) is 47.4 Å². The van der Waals surface area contributed by atoms with Gasteiger partial charge in [0.1, 0.15) is 19.0 Å². The number of aromatic amines is 1. The van der Waals surface area contributed by atoms with Gasteiger partial charge in [0, 0.05) is 43.7 Å². The van der Waals surface area contributed by atoms with E-state index in [1.54, 1.807) is 4.90 Å². The minimum Gasteiger partial charge on any atom is -0.486 e. The maximum absolute atomic E-state index is 13.2. The standard InChI is InChI=1S/C25H26N4O4/c30-23-13-17(15-29(23)18-5-6-21-22(14-18)33-12-11-32-21)25(31)28-9-7-16(8-10-28)24-26-19-3-1-2-4-20(19)27-24/h1-6,14,16-17H,7-13,15H2,(H,26,27)/t17-/m0/s1. The van der Waals surface area contributed by atoms with Crippen LogP contribution in [0.15, 0.2) is 42.5 Å².